The Morgan fingerprint density at radius 3 is 0.903 bits per heavy atom. The number of unbranched alkanes of at least 4 members (excludes halogenated alkanes) is 33. The van der Waals surface area contributed by atoms with Gasteiger partial charge >= 0.3 is 17.9 Å². The molecule has 0 radical (unpaired) electrons. The van der Waals surface area contributed by atoms with E-state index in [0.717, 1.165) is 77.0 Å². The van der Waals surface area contributed by atoms with Gasteiger partial charge in [-0.1, -0.05) is 280 Å². The highest BCUT2D eigenvalue weighted by Gasteiger charge is 2.19. The van der Waals surface area contributed by atoms with Crippen molar-refractivity contribution in [2.24, 2.45) is 0 Å². The molecule has 0 heterocycles. The lowest BCUT2D eigenvalue weighted by molar-refractivity contribution is -0.167. The highest BCUT2D eigenvalue weighted by molar-refractivity contribution is 5.71. The number of hydrogen-bond acceptors (Lipinski definition) is 6. The minimum atomic E-state index is -0.804. The van der Waals surface area contributed by atoms with Crippen LogP contribution in [0.5, 0.6) is 0 Å². The van der Waals surface area contributed by atoms with Crippen molar-refractivity contribution < 1.29 is 28.6 Å². The molecule has 0 fully saturated rings. The Hall–Kier alpha value is -3.15. The summed E-state index contributed by atoms with van der Waals surface area (Å²) in [4.78, 5) is 38.2. The fourth-order valence-electron chi connectivity index (χ4n) is 8.83. The van der Waals surface area contributed by atoms with Crippen molar-refractivity contribution in [1.29, 1.82) is 0 Å². The molecule has 0 N–H and O–H groups in total. The largest absolute Gasteiger partial charge is 0.462 e. The lowest BCUT2D eigenvalue weighted by Crippen LogP contribution is -2.30. The molecule has 0 amide bonds. The molecule has 0 aliphatic rings. The van der Waals surface area contributed by atoms with E-state index in [1.165, 1.54) is 186 Å². The van der Waals surface area contributed by atoms with E-state index >= 15 is 0 Å². The van der Waals surface area contributed by atoms with E-state index in [9.17, 15) is 14.4 Å². The normalized spacial score (nSPS) is 12.5. The average molecular weight is 1010 g/mol. The van der Waals surface area contributed by atoms with E-state index in [0.29, 0.717) is 19.3 Å². The summed E-state index contributed by atoms with van der Waals surface area (Å²) in [5, 5.41) is 0. The van der Waals surface area contributed by atoms with Crippen LogP contribution in [0.4, 0.5) is 0 Å². The van der Waals surface area contributed by atoms with Crippen molar-refractivity contribution in [2.45, 2.75) is 316 Å². The molecule has 72 heavy (non-hydrogen) atoms. The van der Waals surface area contributed by atoms with Gasteiger partial charge in [0.1, 0.15) is 13.2 Å². The minimum Gasteiger partial charge on any atom is -0.462 e. The zero-order valence-electron chi connectivity index (χ0n) is 47.7. The van der Waals surface area contributed by atoms with Gasteiger partial charge in [-0.15, -0.1) is 0 Å². The third kappa shape index (κ3) is 57.7. The Bertz CT molecular complexity index is 1340. The summed E-state index contributed by atoms with van der Waals surface area (Å²) in [5.41, 5.74) is 0. The maximum absolute atomic E-state index is 12.9. The van der Waals surface area contributed by atoms with Gasteiger partial charge in [0, 0.05) is 19.3 Å². The molecular weight excluding hydrogens is 889 g/mol. The van der Waals surface area contributed by atoms with Crippen LogP contribution in [-0.2, 0) is 28.6 Å². The standard InChI is InChI=1S/C66H116O6/c1-4-7-10-13-16-19-22-25-28-30-31-32-33-34-35-37-38-41-44-47-50-53-56-59-65(68)71-62-63(61-70-64(67)58-55-52-49-46-43-40-27-24-21-18-15-12-9-6-3)72-66(69)60-57-54-51-48-45-42-39-36-29-26-23-20-17-14-11-8-5-2/h8,11,17,20,26,29-31,39,42,48,51,63H,4-7,9-10,12-16,18-19,21-25,27-28,32-38,40-41,43-47,49-50,52-62H2,1-3H3/b11-8-,20-17-,29-26-,31-30-,42-39-,51-48-. The molecule has 0 bridgehead atoms. The number of ether oxygens (including phenoxy) is 3. The lowest BCUT2D eigenvalue weighted by atomic mass is 10.0. The highest BCUT2D eigenvalue weighted by Crippen LogP contribution is 2.16. The number of allylic oxidation sites excluding steroid dienone is 12. The third-order valence-electron chi connectivity index (χ3n) is 13.4. The zero-order chi connectivity index (χ0) is 52.2. The summed E-state index contributed by atoms with van der Waals surface area (Å²) in [6, 6.07) is 0. The van der Waals surface area contributed by atoms with Gasteiger partial charge in [0.05, 0.1) is 0 Å². The molecule has 1 atom stereocenters. The van der Waals surface area contributed by atoms with Gasteiger partial charge in [0.15, 0.2) is 6.10 Å². The van der Waals surface area contributed by atoms with Crippen molar-refractivity contribution in [3.63, 3.8) is 0 Å². The van der Waals surface area contributed by atoms with Gasteiger partial charge in [0.2, 0.25) is 0 Å². The average Bonchev–Trinajstić information content (AvgIpc) is 3.38. The van der Waals surface area contributed by atoms with E-state index in [1.807, 2.05) is 0 Å². The van der Waals surface area contributed by atoms with E-state index in [4.69, 9.17) is 14.2 Å². The molecule has 6 heteroatoms. The molecule has 0 aromatic carbocycles. The number of hydrogen-bond donors (Lipinski definition) is 0. The number of rotatable bonds is 56. The molecule has 0 aromatic heterocycles. The monoisotopic (exact) mass is 1000 g/mol. The van der Waals surface area contributed by atoms with Crippen molar-refractivity contribution in [1.82, 2.24) is 0 Å². The fraction of sp³-hybridized carbons (Fsp3) is 0.773. The van der Waals surface area contributed by atoms with Gasteiger partial charge in [-0.25, -0.2) is 0 Å². The van der Waals surface area contributed by atoms with E-state index in [-0.39, 0.29) is 37.5 Å². The van der Waals surface area contributed by atoms with Crippen molar-refractivity contribution in [3.8, 4) is 0 Å². The second-order valence-corrected chi connectivity index (χ2v) is 20.6. The van der Waals surface area contributed by atoms with Crippen LogP contribution in [0.1, 0.15) is 310 Å². The molecule has 0 saturated heterocycles. The number of carbonyl (C=O) groups excluding carboxylic acids is 3. The van der Waals surface area contributed by atoms with Crippen LogP contribution in [0.25, 0.3) is 0 Å². The molecule has 0 rings (SSSR count). The quantitative estimate of drug-likeness (QED) is 0.0261. The van der Waals surface area contributed by atoms with E-state index < -0.39 is 6.10 Å². The zero-order valence-corrected chi connectivity index (χ0v) is 47.7. The Balaban J connectivity index is 4.37. The SMILES string of the molecule is CC/C=C\C/C=C\C/C=C\C/C=C\C/C=C\CCCC(=O)OC(COC(=O)CCCCCCCCCCCCC/C=C\CCCCCCCCCC)COC(=O)CCCCCCCCCCCCCCCC. The Labute approximate surface area is 446 Å². The molecule has 0 saturated carbocycles. The first-order chi connectivity index (χ1) is 35.5. The van der Waals surface area contributed by atoms with Crippen molar-refractivity contribution in [2.75, 3.05) is 13.2 Å². The van der Waals surface area contributed by atoms with E-state index in [1.54, 1.807) is 0 Å². The molecule has 416 valence electrons. The Morgan fingerprint density at radius 2 is 0.556 bits per heavy atom. The molecule has 0 aliphatic carbocycles. The van der Waals surface area contributed by atoms with Crippen LogP contribution in [-0.4, -0.2) is 37.2 Å². The van der Waals surface area contributed by atoms with E-state index in [2.05, 4.69) is 93.7 Å². The number of esters is 3. The van der Waals surface area contributed by atoms with Crippen LogP contribution in [0.15, 0.2) is 72.9 Å². The van der Waals surface area contributed by atoms with Crippen LogP contribution in [0.2, 0.25) is 0 Å². The van der Waals surface area contributed by atoms with Crippen LogP contribution in [0, 0.1) is 0 Å². The molecular formula is C66H116O6. The highest BCUT2D eigenvalue weighted by atomic mass is 16.6. The second kappa shape index (κ2) is 60.4. The van der Waals surface area contributed by atoms with Gasteiger partial charge in [-0.2, -0.15) is 0 Å². The third-order valence-corrected chi connectivity index (χ3v) is 13.4. The first-order valence-corrected chi connectivity index (χ1v) is 30.9. The topological polar surface area (TPSA) is 78.9 Å². The summed E-state index contributed by atoms with van der Waals surface area (Å²) in [6.45, 7) is 6.51. The first-order valence-electron chi connectivity index (χ1n) is 30.9. The molecule has 0 aliphatic heterocycles. The van der Waals surface area contributed by atoms with Crippen molar-refractivity contribution in [3.05, 3.63) is 72.9 Å². The Morgan fingerprint density at radius 1 is 0.292 bits per heavy atom. The van der Waals surface area contributed by atoms with Gasteiger partial charge in [-0.3, -0.25) is 14.4 Å². The predicted molar refractivity (Wildman–Crippen MR) is 311 cm³/mol. The predicted octanol–water partition coefficient (Wildman–Crippen LogP) is 20.9. The van der Waals surface area contributed by atoms with Gasteiger partial charge < -0.3 is 14.2 Å². The Kier molecular flexibility index (Phi) is 57.8. The van der Waals surface area contributed by atoms with Gasteiger partial charge in [0.25, 0.3) is 0 Å². The second-order valence-electron chi connectivity index (χ2n) is 20.6. The molecule has 0 aromatic rings. The summed E-state index contributed by atoms with van der Waals surface area (Å²) in [6.07, 6.45) is 77.7. The summed E-state index contributed by atoms with van der Waals surface area (Å²) >= 11 is 0. The molecule has 6 nitrogen and oxygen atoms in total. The summed E-state index contributed by atoms with van der Waals surface area (Å²) in [7, 11) is 0. The van der Waals surface area contributed by atoms with Crippen LogP contribution in [0.3, 0.4) is 0 Å². The fourth-order valence-corrected chi connectivity index (χ4v) is 8.83. The first kappa shape index (κ1) is 68.8. The van der Waals surface area contributed by atoms with Crippen LogP contribution >= 0.6 is 0 Å². The maximum Gasteiger partial charge on any atom is 0.306 e. The lowest BCUT2D eigenvalue weighted by Gasteiger charge is -2.18. The minimum absolute atomic E-state index is 0.0952. The summed E-state index contributed by atoms with van der Waals surface area (Å²) < 4.78 is 16.9. The smallest absolute Gasteiger partial charge is 0.306 e. The molecule has 0 spiro atoms. The molecule has 1 unspecified atom stereocenters. The van der Waals surface area contributed by atoms with Gasteiger partial charge in [-0.05, 0) is 83.5 Å². The summed E-state index contributed by atoms with van der Waals surface area (Å²) in [5.74, 6) is -0.941. The maximum atomic E-state index is 12.9. The van der Waals surface area contributed by atoms with Crippen molar-refractivity contribution >= 4 is 17.9 Å². The number of carbonyl (C=O) groups is 3. The van der Waals surface area contributed by atoms with Crippen LogP contribution < -0.4 is 0 Å².